The second kappa shape index (κ2) is 7.93. The van der Waals surface area contributed by atoms with Crippen molar-refractivity contribution in [2.24, 2.45) is 0 Å². The zero-order chi connectivity index (χ0) is 15.0. The van der Waals surface area contributed by atoms with Crippen molar-refractivity contribution < 1.29 is 13.5 Å². The van der Waals surface area contributed by atoms with E-state index in [4.69, 9.17) is 5.11 Å². The van der Waals surface area contributed by atoms with Crippen molar-refractivity contribution in [2.75, 3.05) is 17.1 Å². The number of rotatable bonds is 6. The van der Waals surface area contributed by atoms with Gasteiger partial charge in [0.1, 0.15) is 0 Å². The lowest BCUT2D eigenvalue weighted by atomic mass is 10.1. The Kier molecular flexibility index (Phi) is 6.56. The Morgan fingerprint density at radius 2 is 2.05 bits per heavy atom. The Morgan fingerprint density at radius 1 is 1.30 bits per heavy atom. The Morgan fingerprint density at radius 3 is 2.65 bits per heavy atom. The summed E-state index contributed by atoms with van der Waals surface area (Å²) in [5.41, 5.74) is 2.36. The van der Waals surface area contributed by atoms with Gasteiger partial charge in [-0.2, -0.15) is 0 Å². The summed E-state index contributed by atoms with van der Waals surface area (Å²) in [4.78, 5) is 0. The number of nitrogens with one attached hydrogen (secondary N) is 1. The van der Waals surface area contributed by atoms with Crippen molar-refractivity contribution in [2.45, 2.75) is 33.1 Å². The number of hydrogen-bond donors (Lipinski definition) is 2. The Bertz CT molecular complexity index is 597. The highest BCUT2D eigenvalue weighted by Crippen LogP contribution is 2.19. The van der Waals surface area contributed by atoms with Gasteiger partial charge >= 0.3 is 0 Å². The number of aliphatic hydroxyl groups excluding tert-OH is 1. The fraction of sp³-hybridized carbons (Fsp3) is 0.467. The zero-order valence-electron chi connectivity index (χ0n) is 11.9. The van der Waals surface area contributed by atoms with E-state index in [1.54, 1.807) is 12.1 Å². The van der Waals surface area contributed by atoms with Crippen LogP contribution in [0.25, 0.3) is 0 Å². The van der Waals surface area contributed by atoms with Crippen molar-refractivity contribution in [1.82, 2.24) is 0 Å². The average Bonchev–Trinajstić information content (AvgIpc) is 2.40. The SMILES string of the molecule is CCCS(=O)(=O)Nc1ccc(C#CCCO)cc1CC. The van der Waals surface area contributed by atoms with Gasteiger partial charge in [0.2, 0.25) is 10.0 Å². The molecule has 0 aliphatic rings. The minimum atomic E-state index is -3.27. The molecule has 0 fully saturated rings. The van der Waals surface area contributed by atoms with Gasteiger partial charge in [-0.25, -0.2) is 8.42 Å². The molecule has 0 amide bonds. The average molecular weight is 295 g/mol. The molecule has 110 valence electrons. The molecule has 0 heterocycles. The van der Waals surface area contributed by atoms with Crippen LogP contribution in [0, 0.1) is 11.8 Å². The summed E-state index contributed by atoms with van der Waals surface area (Å²) < 4.78 is 26.2. The molecule has 0 aliphatic carbocycles. The van der Waals surface area contributed by atoms with E-state index < -0.39 is 10.0 Å². The lowest BCUT2D eigenvalue weighted by Gasteiger charge is -2.11. The lowest BCUT2D eigenvalue weighted by Crippen LogP contribution is -2.17. The van der Waals surface area contributed by atoms with Gasteiger partial charge in [-0.3, -0.25) is 4.72 Å². The highest BCUT2D eigenvalue weighted by molar-refractivity contribution is 7.92. The van der Waals surface area contributed by atoms with Crippen molar-refractivity contribution in [1.29, 1.82) is 0 Å². The molecule has 0 atom stereocenters. The van der Waals surface area contributed by atoms with Gasteiger partial charge in [0.15, 0.2) is 0 Å². The van der Waals surface area contributed by atoms with Crippen molar-refractivity contribution in [3.63, 3.8) is 0 Å². The number of sulfonamides is 1. The van der Waals surface area contributed by atoms with Crippen LogP contribution in [0.2, 0.25) is 0 Å². The maximum absolute atomic E-state index is 11.8. The van der Waals surface area contributed by atoms with Gasteiger partial charge in [-0.05, 0) is 36.6 Å². The topological polar surface area (TPSA) is 66.4 Å². The maximum Gasteiger partial charge on any atom is 0.232 e. The maximum atomic E-state index is 11.8. The summed E-state index contributed by atoms with van der Waals surface area (Å²) in [6, 6.07) is 5.41. The molecule has 0 saturated heterocycles. The molecule has 0 spiro atoms. The van der Waals surface area contributed by atoms with Gasteiger partial charge in [0.25, 0.3) is 0 Å². The third kappa shape index (κ3) is 5.24. The molecular formula is C15H21NO3S. The van der Waals surface area contributed by atoms with Crippen molar-refractivity contribution in [3.8, 4) is 11.8 Å². The Balaban J connectivity index is 2.97. The quantitative estimate of drug-likeness (QED) is 0.790. The van der Waals surface area contributed by atoms with E-state index in [0.717, 1.165) is 17.5 Å². The summed E-state index contributed by atoms with van der Waals surface area (Å²) in [6.45, 7) is 3.85. The molecule has 0 saturated carbocycles. The fourth-order valence-electron chi connectivity index (χ4n) is 1.77. The van der Waals surface area contributed by atoms with Crippen LogP contribution in [0.4, 0.5) is 5.69 Å². The van der Waals surface area contributed by atoms with Gasteiger partial charge < -0.3 is 5.11 Å². The van der Waals surface area contributed by atoms with Gasteiger partial charge in [-0.15, -0.1) is 0 Å². The molecule has 1 aromatic carbocycles. The summed E-state index contributed by atoms with van der Waals surface area (Å²) in [5, 5.41) is 8.69. The number of aryl methyl sites for hydroxylation is 1. The third-order valence-electron chi connectivity index (χ3n) is 2.69. The van der Waals surface area contributed by atoms with E-state index in [1.165, 1.54) is 0 Å². The predicted octanol–water partition coefficient (Wildman–Crippen LogP) is 2.13. The van der Waals surface area contributed by atoms with Crippen LogP contribution < -0.4 is 4.72 Å². The van der Waals surface area contributed by atoms with Crippen LogP contribution in [0.15, 0.2) is 18.2 Å². The van der Waals surface area contributed by atoms with E-state index in [9.17, 15) is 8.42 Å². The molecule has 2 N–H and O–H groups in total. The van der Waals surface area contributed by atoms with Crippen LogP contribution in [-0.4, -0.2) is 25.9 Å². The highest BCUT2D eigenvalue weighted by Gasteiger charge is 2.11. The van der Waals surface area contributed by atoms with E-state index in [-0.39, 0.29) is 12.4 Å². The normalized spacial score (nSPS) is 10.8. The van der Waals surface area contributed by atoms with Crippen LogP contribution in [-0.2, 0) is 16.4 Å². The monoisotopic (exact) mass is 295 g/mol. The molecule has 20 heavy (non-hydrogen) atoms. The summed E-state index contributed by atoms with van der Waals surface area (Å²) >= 11 is 0. The molecular weight excluding hydrogens is 274 g/mol. The molecule has 1 rings (SSSR count). The summed E-state index contributed by atoms with van der Waals surface area (Å²) in [6.07, 6.45) is 1.74. The van der Waals surface area contributed by atoms with Crippen molar-refractivity contribution in [3.05, 3.63) is 29.3 Å². The number of anilines is 1. The largest absolute Gasteiger partial charge is 0.395 e. The third-order valence-corrected chi connectivity index (χ3v) is 4.17. The molecule has 4 nitrogen and oxygen atoms in total. The first kappa shape index (κ1) is 16.5. The van der Waals surface area contributed by atoms with E-state index in [2.05, 4.69) is 16.6 Å². The number of aliphatic hydroxyl groups is 1. The molecule has 5 heteroatoms. The molecule has 0 unspecified atom stereocenters. The fourth-order valence-corrected chi connectivity index (χ4v) is 2.95. The van der Waals surface area contributed by atoms with Crippen LogP contribution in [0.3, 0.4) is 0 Å². The van der Waals surface area contributed by atoms with Gasteiger partial charge in [0, 0.05) is 12.0 Å². The molecule has 0 aromatic heterocycles. The van der Waals surface area contributed by atoms with E-state index >= 15 is 0 Å². The minimum absolute atomic E-state index is 0.0442. The van der Waals surface area contributed by atoms with E-state index in [0.29, 0.717) is 18.5 Å². The smallest absolute Gasteiger partial charge is 0.232 e. The first-order valence-corrected chi connectivity index (χ1v) is 8.40. The first-order chi connectivity index (χ1) is 9.52. The summed E-state index contributed by atoms with van der Waals surface area (Å²) in [7, 11) is -3.27. The Hall–Kier alpha value is -1.51. The molecule has 0 aliphatic heterocycles. The number of benzene rings is 1. The molecule has 0 bridgehead atoms. The molecule has 1 aromatic rings. The molecule has 0 radical (unpaired) electrons. The van der Waals surface area contributed by atoms with Gasteiger partial charge in [0.05, 0.1) is 18.0 Å². The highest BCUT2D eigenvalue weighted by atomic mass is 32.2. The second-order valence-corrected chi connectivity index (χ2v) is 6.26. The zero-order valence-corrected chi connectivity index (χ0v) is 12.8. The lowest BCUT2D eigenvalue weighted by molar-refractivity contribution is 0.305. The minimum Gasteiger partial charge on any atom is -0.395 e. The first-order valence-electron chi connectivity index (χ1n) is 6.75. The van der Waals surface area contributed by atoms with Crippen LogP contribution in [0.1, 0.15) is 37.8 Å². The van der Waals surface area contributed by atoms with Crippen LogP contribution in [0.5, 0.6) is 0 Å². The summed E-state index contributed by atoms with van der Waals surface area (Å²) in [5.74, 6) is 5.92. The predicted molar refractivity (Wildman–Crippen MR) is 82.1 cm³/mol. The number of hydrogen-bond acceptors (Lipinski definition) is 3. The van der Waals surface area contributed by atoms with Gasteiger partial charge in [-0.1, -0.05) is 25.7 Å². The standard InChI is InChI=1S/C15H21NO3S/c1-3-11-20(18,19)16-15-9-8-13(7-5-6-10-17)12-14(15)4-2/h8-9,12,16-17H,3-4,6,10-11H2,1-2H3. The second-order valence-electron chi connectivity index (χ2n) is 4.42. The van der Waals surface area contributed by atoms with Crippen molar-refractivity contribution >= 4 is 15.7 Å². The Labute approximate surface area is 121 Å². The van der Waals surface area contributed by atoms with E-state index in [1.807, 2.05) is 19.9 Å². The van der Waals surface area contributed by atoms with Crippen LogP contribution >= 0.6 is 0 Å².